The average molecular weight is 231 g/mol. The van der Waals surface area contributed by atoms with Crippen molar-refractivity contribution >= 4 is 5.78 Å². The number of hydrogen-bond donors (Lipinski definition) is 0. The van der Waals surface area contributed by atoms with Gasteiger partial charge in [-0.25, -0.2) is 4.98 Å². The van der Waals surface area contributed by atoms with Crippen LogP contribution in [0.25, 0.3) is 0 Å². The summed E-state index contributed by atoms with van der Waals surface area (Å²) in [6, 6.07) is 7.09. The normalized spacial score (nSPS) is 10.2. The number of aromatic nitrogens is 3. The molecule has 0 aliphatic heterocycles. The van der Waals surface area contributed by atoms with E-state index in [4.69, 9.17) is 4.74 Å². The molecular weight excluding hydrogens is 218 g/mol. The van der Waals surface area contributed by atoms with Gasteiger partial charge in [-0.1, -0.05) is 0 Å². The Morgan fingerprint density at radius 1 is 1.35 bits per heavy atom. The van der Waals surface area contributed by atoms with Crippen LogP contribution in [0.4, 0.5) is 0 Å². The Balaban J connectivity index is 1.95. The van der Waals surface area contributed by atoms with E-state index in [0.29, 0.717) is 18.5 Å². The van der Waals surface area contributed by atoms with Gasteiger partial charge in [-0.3, -0.25) is 9.48 Å². The van der Waals surface area contributed by atoms with Gasteiger partial charge < -0.3 is 4.74 Å². The second-order valence-electron chi connectivity index (χ2n) is 3.56. The fraction of sp³-hybridized carbons (Fsp3) is 0.250. The summed E-state index contributed by atoms with van der Waals surface area (Å²) < 4.78 is 6.67. The number of carbonyl (C=O) groups is 1. The second kappa shape index (κ2) is 5.25. The zero-order valence-electron chi connectivity index (χ0n) is 9.54. The molecule has 5 heteroatoms. The van der Waals surface area contributed by atoms with Crippen molar-refractivity contribution in [3.63, 3.8) is 0 Å². The lowest BCUT2D eigenvalue weighted by Crippen LogP contribution is -2.06. The summed E-state index contributed by atoms with van der Waals surface area (Å²) >= 11 is 0. The van der Waals surface area contributed by atoms with E-state index in [-0.39, 0.29) is 5.78 Å². The van der Waals surface area contributed by atoms with Crippen LogP contribution in [0.3, 0.4) is 0 Å². The molecule has 5 nitrogen and oxygen atoms in total. The van der Waals surface area contributed by atoms with Gasteiger partial charge in [0.05, 0.1) is 7.11 Å². The van der Waals surface area contributed by atoms with E-state index in [1.807, 2.05) is 0 Å². The fourth-order valence-electron chi connectivity index (χ4n) is 1.49. The molecule has 0 saturated carbocycles. The number of hydrogen-bond acceptors (Lipinski definition) is 4. The predicted molar refractivity (Wildman–Crippen MR) is 62.0 cm³/mol. The summed E-state index contributed by atoms with van der Waals surface area (Å²) in [5.41, 5.74) is 0.686. The van der Waals surface area contributed by atoms with Crippen LogP contribution < -0.4 is 4.74 Å². The first kappa shape index (κ1) is 11.3. The van der Waals surface area contributed by atoms with Gasteiger partial charge in [-0.05, 0) is 24.3 Å². The SMILES string of the molecule is COc1ccc(C(=O)CCn2cncn2)cc1. The Labute approximate surface area is 99.1 Å². The second-order valence-corrected chi connectivity index (χ2v) is 3.56. The molecule has 2 aromatic rings. The molecule has 1 aromatic carbocycles. The highest BCUT2D eigenvalue weighted by Gasteiger charge is 2.06. The van der Waals surface area contributed by atoms with Crippen LogP contribution in [-0.4, -0.2) is 27.7 Å². The Hall–Kier alpha value is -2.17. The summed E-state index contributed by atoms with van der Waals surface area (Å²) in [6.45, 7) is 0.546. The maximum absolute atomic E-state index is 11.8. The number of methoxy groups -OCH3 is 1. The third-order valence-electron chi connectivity index (χ3n) is 2.45. The minimum atomic E-state index is 0.0863. The predicted octanol–water partition coefficient (Wildman–Crippen LogP) is 1.56. The molecule has 0 radical (unpaired) electrons. The van der Waals surface area contributed by atoms with Gasteiger partial charge >= 0.3 is 0 Å². The number of ketones is 1. The van der Waals surface area contributed by atoms with E-state index in [9.17, 15) is 4.79 Å². The van der Waals surface area contributed by atoms with Crippen molar-refractivity contribution in [2.75, 3.05) is 7.11 Å². The van der Waals surface area contributed by atoms with Crippen molar-refractivity contribution in [1.29, 1.82) is 0 Å². The molecule has 17 heavy (non-hydrogen) atoms. The van der Waals surface area contributed by atoms with Crippen molar-refractivity contribution in [1.82, 2.24) is 14.8 Å². The standard InChI is InChI=1S/C12H13N3O2/c1-17-11-4-2-10(3-5-11)12(16)6-7-15-9-13-8-14-15/h2-5,8-9H,6-7H2,1H3. The van der Waals surface area contributed by atoms with E-state index < -0.39 is 0 Å². The van der Waals surface area contributed by atoms with Crippen molar-refractivity contribution in [3.8, 4) is 5.75 Å². The molecule has 0 spiro atoms. The van der Waals surface area contributed by atoms with Crippen LogP contribution in [0.5, 0.6) is 5.75 Å². The molecule has 0 saturated heterocycles. The first-order valence-corrected chi connectivity index (χ1v) is 5.29. The lowest BCUT2D eigenvalue weighted by atomic mass is 10.1. The summed E-state index contributed by atoms with van der Waals surface area (Å²) in [5, 5.41) is 3.94. The maximum atomic E-state index is 11.8. The molecule has 0 atom stereocenters. The monoisotopic (exact) mass is 231 g/mol. The molecule has 1 heterocycles. The number of Topliss-reactive ketones (excluding diaryl/α,β-unsaturated/α-hetero) is 1. The maximum Gasteiger partial charge on any atom is 0.164 e. The molecule has 1 aromatic heterocycles. The van der Waals surface area contributed by atoms with Gasteiger partial charge in [-0.15, -0.1) is 0 Å². The van der Waals surface area contributed by atoms with Gasteiger partial charge in [0.2, 0.25) is 0 Å². The highest BCUT2D eigenvalue weighted by molar-refractivity contribution is 5.96. The summed E-state index contributed by atoms with van der Waals surface area (Å²) in [7, 11) is 1.60. The fourth-order valence-corrected chi connectivity index (χ4v) is 1.49. The topological polar surface area (TPSA) is 57.0 Å². The van der Waals surface area contributed by atoms with E-state index >= 15 is 0 Å². The molecule has 88 valence electrons. The first-order valence-electron chi connectivity index (χ1n) is 5.29. The molecule has 0 bridgehead atoms. The van der Waals surface area contributed by atoms with Crippen LogP contribution in [-0.2, 0) is 6.54 Å². The molecule has 0 fully saturated rings. The van der Waals surface area contributed by atoms with Crippen molar-refractivity contribution in [2.24, 2.45) is 0 Å². The largest absolute Gasteiger partial charge is 0.497 e. The molecule has 2 rings (SSSR count). The Morgan fingerprint density at radius 2 is 2.12 bits per heavy atom. The summed E-state index contributed by atoms with van der Waals surface area (Å²) in [4.78, 5) is 15.7. The summed E-state index contributed by atoms with van der Waals surface area (Å²) in [5.74, 6) is 0.834. The Bertz CT molecular complexity index is 477. The number of rotatable bonds is 5. The van der Waals surface area contributed by atoms with Gasteiger partial charge in [0.1, 0.15) is 18.4 Å². The average Bonchev–Trinajstić information content (AvgIpc) is 2.89. The van der Waals surface area contributed by atoms with Crippen molar-refractivity contribution in [2.45, 2.75) is 13.0 Å². The quantitative estimate of drug-likeness (QED) is 0.733. The number of benzene rings is 1. The minimum Gasteiger partial charge on any atom is -0.497 e. The molecule has 0 unspecified atom stereocenters. The molecule has 0 aliphatic rings. The number of ether oxygens (including phenoxy) is 1. The van der Waals surface area contributed by atoms with Crippen LogP contribution in [0.15, 0.2) is 36.9 Å². The van der Waals surface area contributed by atoms with Crippen molar-refractivity contribution < 1.29 is 9.53 Å². The van der Waals surface area contributed by atoms with Crippen LogP contribution >= 0.6 is 0 Å². The molecule has 0 N–H and O–H groups in total. The minimum absolute atomic E-state index is 0.0863. The van der Waals surface area contributed by atoms with E-state index in [0.717, 1.165) is 5.75 Å². The van der Waals surface area contributed by atoms with Crippen LogP contribution in [0, 0.1) is 0 Å². The van der Waals surface area contributed by atoms with Gasteiger partial charge in [0.15, 0.2) is 5.78 Å². The van der Waals surface area contributed by atoms with Gasteiger partial charge in [0, 0.05) is 18.5 Å². The third-order valence-corrected chi connectivity index (χ3v) is 2.45. The lowest BCUT2D eigenvalue weighted by Gasteiger charge is -2.03. The third kappa shape index (κ3) is 2.90. The van der Waals surface area contributed by atoms with E-state index in [1.165, 1.54) is 6.33 Å². The Morgan fingerprint density at radius 3 is 2.71 bits per heavy atom. The van der Waals surface area contributed by atoms with Gasteiger partial charge in [0.25, 0.3) is 0 Å². The zero-order valence-corrected chi connectivity index (χ0v) is 9.54. The Kier molecular flexibility index (Phi) is 3.49. The van der Waals surface area contributed by atoms with Crippen LogP contribution in [0.2, 0.25) is 0 Å². The molecule has 0 amide bonds. The molecular formula is C12H13N3O2. The number of nitrogens with zero attached hydrogens (tertiary/aromatic N) is 3. The smallest absolute Gasteiger partial charge is 0.164 e. The number of aryl methyl sites for hydroxylation is 1. The lowest BCUT2D eigenvalue weighted by molar-refractivity contribution is 0.0975. The number of carbonyl (C=O) groups excluding carboxylic acids is 1. The highest BCUT2D eigenvalue weighted by Crippen LogP contribution is 2.12. The van der Waals surface area contributed by atoms with E-state index in [1.54, 1.807) is 42.4 Å². The van der Waals surface area contributed by atoms with Crippen LogP contribution in [0.1, 0.15) is 16.8 Å². The summed E-state index contributed by atoms with van der Waals surface area (Å²) in [6.07, 6.45) is 3.47. The molecule has 0 aliphatic carbocycles. The van der Waals surface area contributed by atoms with Gasteiger partial charge in [-0.2, -0.15) is 5.10 Å². The van der Waals surface area contributed by atoms with E-state index in [2.05, 4.69) is 10.1 Å². The highest BCUT2D eigenvalue weighted by atomic mass is 16.5. The zero-order chi connectivity index (χ0) is 12.1. The van der Waals surface area contributed by atoms with Crippen molar-refractivity contribution in [3.05, 3.63) is 42.5 Å². The first-order chi connectivity index (χ1) is 8.29.